The first-order valence-corrected chi connectivity index (χ1v) is 9.91. The quantitative estimate of drug-likeness (QED) is 0.497. The minimum absolute atomic E-state index is 0.338. The Morgan fingerprint density at radius 1 is 1.21 bits per heavy atom. The first-order chi connectivity index (χ1) is 13.8. The molecule has 1 fully saturated rings. The molecule has 0 unspecified atom stereocenters. The Kier molecular flexibility index (Phi) is 3.91. The van der Waals surface area contributed by atoms with Crippen LogP contribution in [0.5, 0.6) is 0 Å². The Morgan fingerprint density at radius 3 is 2.62 bits per heavy atom. The van der Waals surface area contributed by atoms with Crippen molar-refractivity contribution in [1.82, 2.24) is 24.5 Å². The second-order valence-electron chi connectivity index (χ2n) is 8.58. The van der Waals surface area contributed by atoms with Gasteiger partial charge in [0.2, 0.25) is 0 Å². The number of aromatic nitrogens is 5. The molecule has 0 aromatic carbocycles. The van der Waals surface area contributed by atoms with Crippen molar-refractivity contribution in [2.24, 2.45) is 13.0 Å². The van der Waals surface area contributed by atoms with Crippen molar-refractivity contribution in [3.8, 4) is 22.3 Å². The van der Waals surface area contributed by atoms with E-state index < -0.39 is 5.67 Å². The largest absolute Gasteiger partial charge is 0.361 e. The molecule has 0 radical (unpaired) electrons. The van der Waals surface area contributed by atoms with Crippen LogP contribution in [0.3, 0.4) is 0 Å². The van der Waals surface area contributed by atoms with E-state index in [0.29, 0.717) is 18.8 Å². The minimum atomic E-state index is -1.03. The lowest BCUT2D eigenvalue weighted by atomic mass is 9.73. The SMILES string of the molecule is Cc1noc(C)c1-c1cnc2c(-c3cnn(C)c3)cn(CC3CC(C)(F)C3)c2c1. The third kappa shape index (κ3) is 3.05. The van der Waals surface area contributed by atoms with Crippen LogP contribution in [-0.4, -0.2) is 30.2 Å². The molecule has 4 aromatic rings. The summed E-state index contributed by atoms with van der Waals surface area (Å²) >= 11 is 0. The first kappa shape index (κ1) is 18.1. The van der Waals surface area contributed by atoms with Gasteiger partial charge in [0.05, 0.1) is 22.9 Å². The molecule has 6 nitrogen and oxygen atoms in total. The van der Waals surface area contributed by atoms with Gasteiger partial charge < -0.3 is 9.09 Å². The summed E-state index contributed by atoms with van der Waals surface area (Å²) in [5.41, 5.74) is 5.81. The molecule has 7 heteroatoms. The molecule has 0 bridgehead atoms. The highest BCUT2D eigenvalue weighted by atomic mass is 19.1. The predicted octanol–water partition coefficient (Wildman–Crippen LogP) is 4.85. The second kappa shape index (κ2) is 6.27. The first-order valence-electron chi connectivity index (χ1n) is 9.91. The summed E-state index contributed by atoms with van der Waals surface area (Å²) in [6.45, 7) is 6.32. The van der Waals surface area contributed by atoms with Gasteiger partial charge in [-0.3, -0.25) is 9.67 Å². The van der Waals surface area contributed by atoms with Crippen molar-refractivity contribution in [3.63, 3.8) is 0 Å². The molecule has 1 saturated carbocycles. The van der Waals surface area contributed by atoms with Crippen molar-refractivity contribution in [1.29, 1.82) is 0 Å². The molecule has 0 spiro atoms. The molecule has 0 saturated heterocycles. The second-order valence-corrected chi connectivity index (χ2v) is 8.58. The summed E-state index contributed by atoms with van der Waals surface area (Å²) in [4.78, 5) is 4.80. The molecule has 29 heavy (non-hydrogen) atoms. The fourth-order valence-electron chi connectivity index (χ4n) is 4.67. The van der Waals surface area contributed by atoms with Crippen LogP contribution in [0.25, 0.3) is 33.3 Å². The monoisotopic (exact) mass is 393 g/mol. The van der Waals surface area contributed by atoms with Gasteiger partial charge in [0.15, 0.2) is 0 Å². The minimum Gasteiger partial charge on any atom is -0.361 e. The predicted molar refractivity (Wildman–Crippen MR) is 109 cm³/mol. The summed E-state index contributed by atoms with van der Waals surface area (Å²) in [5, 5.41) is 8.38. The Bertz CT molecular complexity index is 1190. The van der Waals surface area contributed by atoms with E-state index in [-0.39, 0.29) is 0 Å². The summed E-state index contributed by atoms with van der Waals surface area (Å²) in [6, 6.07) is 2.14. The number of hydrogen-bond acceptors (Lipinski definition) is 4. The van der Waals surface area contributed by atoms with Crippen LogP contribution in [0.15, 0.2) is 35.4 Å². The van der Waals surface area contributed by atoms with Crippen LogP contribution < -0.4 is 0 Å². The van der Waals surface area contributed by atoms with E-state index in [0.717, 1.165) is 51.3 Å². The lowest BCUT2D eigenvalue weighted by Crippen LogP contribution is -2.38. The van der Waals surface area contributed by atoms with Crippen molar-refractivity contribution < 1.29 is 8.91 Å². The van der Waals surface area contributed by atoms with E-state index in [9.17, 15) is 4.39 Å². The van der Waals surface area contributed by atoms with Gasteiger partial charge in [-0.15, -0.1) is 0 Å². The molecule has 0 atom stereocenters. The van der Waals surface area contributed by atoms with Gasteiger partial charge in [-0.25, -0.2) is 4.39 Å². The van der Waals surface area contributed by atoms with Crippen molar-refractivity contribution in [2.75, 3.05) is 0 Å². The molecule has 1 aliphatic rings. The van der Waals surface area contributed by atoms with Crippen LogP contribution in [-0.2, 0) is 13.6 Å². The Labute approximate surface area is 168 Å². The smallest absolute Gasteiger partial charge is 0.141 e. The maximum Gasteiger partial charge on any atom is 0.141 e. The third-order valence-corrected chi connectivity index (χ3v) is 5.94. The number of alkyl halides is 1. The van der Waals surface area contributed by atoms with Gasteiger partial charge >= 0.3 is 0 Å². The Morgan fingerprint density at radius 2 is 2.00 bits per heavy atom. The van der Waals surface area contributed by atoms with Gasteiger partial charge in [0.1, 0.15) is 11.4 Å². The van der Waals surface area contributed by atoms with Crippen LogP contribution in [0.4, 0.5) is 4.39 Å². The van der Waals surface area contributed by atoms with Crippen molar-refractivity contribution in [2.45, 2.75) is 45.8 Å². The molecule has 1 aliphatic carbocycles. The van der Waals surface area contributed by atoms with Crippen LogP contribution in [0.1, 0.15) is 31.2 Å². The Balaban J connectivity index is 1.63. The van der Waals surface area contributed by atoms with E-state index >= 15 is 0 Å². The van der Waals surface area contributed by atoms with Gasteiger partial charge in [-0.05, 0) is 45.6 Å². The molecule has 150 valence electrons. The molecule has 4 heterocycles. The molecule has 0 aliphatic heterocycles. The van der Waals surface area contributed by atoms with Gasteiger partial charge in [0.25, 0.3) is 0 Å². The normalized spacial score (nSPS) is 21.6. The zero-order valence-corrected chi connectivity index (χ0v) is 17.1. The van der Waals surface area contributed by atoms with E-state index in [1.807, 2.05) is 39.5 Å². The number of rotatable bonds is 4. The third-order valence-electron chi connectivity index (χ3n) is 5.94. The van der Waals surface area contributed by atoms with E-state index in [1.165, 1.54) is 0 Å². The average Bonchev–Trinajstić information content (AvgIpc) is 3.31. The number of nitrogens with zero attached hydrogens (tertiary/aromatic N) is 5. The van der Waals surface area contributed by atoms with Crippen molar-refractivity contribution in [3.05, 3.63) is 42.3 Å². The topological polar surface area (TPSA) is 61.7 Å². The van der Waals surface area contributed by atoms with Crippen LogP contribution in [0.2, 0.25) is 0 Å². The molecule has 5 rings (SSSR count). The lowest BCUT2D eigenvalue weighted by Gasteiger charge is -2.39. The van der Waals surface area contributed by atoms with Crippen LogP contribution in [0, 0.1) is 19.8 Å². The molecule has 0 N–H and O–H groups in total. The summed E-state index contributed by atoms with van der Waals surface area (Å²) in [5.74, 6) is 1.12. The lowest BCUT2D eigenvalue weighted by molar-refractivity contribution is 0.0178. The van der Waals surface area contributed by atoms with Gasteiger partial charge in [-0.2, -0.15) is 5.10 Å². The zero-order valence-electron chi connectivity index (χ0n) is 17.1. The number of fused-ring (bicyclic) bond motifs is 1. The number of hydrogen-bond donors (Lipinski definition) is 0. The van der Waals surface area contributed by atoms with E-state index in [2.05, 4.69) is 27.1 Å². The summed E-state index contributed by atoms with van der Waals surface area (Å²) < 4.78 is 23.4. The molecular formula is C22H24FN5O. The molecule has 0 amide bonds. The van der Waals surface area contributed by atoms with E-state index in [1.54, 1.807) is 11.6 Å². The number of aryl methyl sites for hydroxylation is 3. The highest BCUT2D eigenvalue weighted by molar-refractivity contribution is 5.94. The van der Waals surface area contributed by atoms with Crippen LogP contribution >= 0.6 is 0 Å². The number of halogens is 1. The summed E-state index contributed by atoms with van der Waals surface area (Å²) in [6.07, 6.45) is 9.05. The Hall–Kier alpha value is -2.96. The van der Waals surface area contributed by atoms with Gasteiger partial charge in [0, 0.05) is 54.4 Å². The number of pyridine rings is 1. The van der Waals surface area contributed by atoms with Crippen molar-refractivity contribution >= 4 is 11.0 Å². The summed E-state index contributed by atoms with van der Waals surface area (Å²) in [7, 11) is 1.90. The maximum atomic E-state index is 14.0. The molecule has 4 aromatic heterocycles. The van der Waals surface area contributed by atoms with E-state index in [4.69, 9.17) is 9.51 Å². The molecular weight excluding hydrogens is 369 g/mol. The standard InChI is InChI=1S/C22H24FN5O/c1-13-20(14(2)29-26-13)16-5-19-21(24-8-16)18(17-9-25-27(4)11-17)12-28(19)10-15-6-22(3,23)7-15/h5,8-9,11-12,15H,6-7,10H2,1-4H3. The zero-order chi connectivity index (χ0) is 20.3. The maximum absolute atomic E-state index is 14.0. The fourth-order valence-corrected chi connectivity index (χ4v) is 4.67. The average molecular weight is 393 g/mol. The van der Waals surface area contributed by atoms with Gasteiger partial charge in [-0.1, -0.05) is 5.16 Å². The highest BCUT2D eigenvalue weighted by Crippen LogP contribution is 2.43. The highest BCUT2D eigenvalue weighted by Gasteiger charge is 2.40. The fraction of sp³-hybridized carbons (Fsp3) is 0.409.